The lowest BCUT2D eigenvalue weighted by atomic mass is 10.2. The van der Waals surface area contributed by atoms with Crippen LogP contribution in [0.15, 0.2) is 112 Å². The number of para-hydroxylation sites is 2. The number of hydrogen-bond donors (Lipinski definition) is 4. The molecule has 6 rings (SSSR count). The van der Waals surface area contributed by atoms with Crippen LogP contribution in [0.2, 0.25) is 0 Å². The van der Waals surface area contributed by atoms with Crippen molar-refractivity contribution in [2.24, 2.45) is 0 Å². The molecule has 0 saturated heterocycles. The Kier molecular flexibility index (Phi) is 7.39. The Balaban J connectivity index is 1.24. The van der Waals surface area contributed by atoms with E-state index in [2.05, 4.69) is 32.7 Å². The van der Waals surface area contributed by atoms with E-state index >= 15 is 0 Å². The maximum atomic E-state index is 12.5. The van der Waals surface area contributed by atoms with Gasteiger partial charge in [0.15, 0.2) is 0 Å². The fourth-order valence-corrected chi connectivity index (χ4v) is 5.52. The number of aromatic nitrogens is 4. The third kappa shape index (κ3) is 5.51. The van der Waals surface area contributed by atoms with E-state index in [0.29, 0.717) is 41.6 Å². The van der Waals surface area contributed by atoms with Gasteiger partial charge < -0.3 is 20.7 Å². The van der Waals surface area contributed by atoms with Crippen molar-refractivity contribution in [2.75, 3.05) is 10.6 Å². The average Bonchev–Trinajstić information content (AvgIpc) is 3.00. The van der Waals surface area contributed by atoms with Crippen LogP contribution in [-0.4, -0.2) is 25.0 Å². The highest BCUT2D eigenvalue weighted by Crippen LogP contribution is 2.33. The van der Waals surface area contributed by atoms with E-state index in [9.17, 15) is 9.90 Å². The topological polar surface area (TPSA) is 116 Å². The molecular formula is C31H26N6O2S. The van der Waals surface area contributed by atoms with Crippen LogP contribution < -0.4 is 16.2 Å². The smallest absolute Gasteiger partial charge is 0.258 e. The molecule has 0 aliphatic carbocycles. The van der Waals surface area contributed by atoms with Crippen molar-refractivity contribution in [3.63, 3.8) is 0 Å². The number of benzene rings is 4. The van der Waals surface area contributed by atoms with Crippen LogP contribution in [0, 0.1) is 0 Å². The minimum Gasteiger partial charge on any atom is -0.392 e. The minimum absolute atomic E-state index is 0.00703. The quantitative estimate of drug-likeness (QED) is 0.182. The number of nitrogens with zero attached hydrogens (tertiary/aromatic N) is 3. The molecule has 0 unspecified atom stereocenters. The summed E-state index contributed by atoms with van der Waals surface area (Å²) in [6, 6.07) is 31.1. The lowest BCUT2D eigenvalue weighted by Gasteiger charge is -2.14. The van der Waals surface area contributed by atoms with Gasteiger partial charge in [0.2, 0.25) is 5.95 Å². The maximum Gasteiger partial charge on any atom is 0.258 e. The monoisotopic (exact) mass is 546 g/mol. The Hall–Kier alpha value is -4.73. The Morgan fingerprint density at radius 1 is 0.675 bits per heavy atom. The molecule has 6 aromatic rings. The van der Waals surface area contributed by atoms with Crippen molar-refractivity contribution in [3.8, 4) is 0 Å². The summed E-state index contributed by atoms with van der Waals surface area (Å²) < 4.78 is 0. The first-order chi connectivity index (χ1) is 19.7. The zero-order valence-corrected chi connectivity index (χ0v) is 22.3. The van der Waals surface area contributed by atoms with Gasteiger partial charge in [-0.05, 0) is 47.5 Å². The second-order valence-electron chi connectivity index (χ2n) is 9.13. The molecule has 198 valence electrons. The van der Waals surface area contributed by atoms with Gasteiger partial charge in [0.25, 0.3) is 5.56 Å². The van der Waals surface area contributed by atoms with E-state index in [1.165, 1.54) is 0 Å². The van der Waals surface area contributed by atoms with Gasteiger partial charge in [-0.15, -0.1) is 0 Å². The van der Waals surface area contributed by atoms with Crippen molar-refractivity contribution in [1.82, 2.24) is 19.9 Å². The Bertz CT molecular complexity index is 1870. The van der Waals surface area contributed by atoms with Gasteiger partial charge in [0, 0.05) is 21.7 Å². The summed E-state index contributed by atoms with van der Waals surface area (Å²) >= 11 is 1.62. The molecular weight excluding hydrogens is 520 g/mol. The first-order valence-electron chi connectivity index (χ1n) is 12.8. The molecule has 4 N–H and O–H groups in total. The normalized spacial score (nSPS) is 11.1. The number of aliphatic hydroxyl groups excluding tert-OH is 1. The number of H-pyrrole nitrogens is 1. The standard InChI is InChI=1S/C31H26N6O2S/c38-19-21-10-2-8-16-27(21)40-26-15-7-1-9-20(26)17-33-31-35-24-13-5-3-11-22(24)29(37-31)32-18-28-34-25-14-6-4-12-23(25)30(39)36-28/h1-16,38H,17-19H2,(H,34,36,39)(H2,32,33,35,37). The molecule has 0 fully saturated rings. The van der Waals surface area contributed by atoms with Crippen LogP contribution >= 0.6 is 11.8 Å². The van der Waals surface area contributed by atoms with Crippen LogP contribution in [0.25, 0.3) is 21.8 Å². The molecule has 0 bridgehead atoms. The van der Waals surface area contributed by atoms with Crippen molar-refractivity contribution in [2.45, 2.75) is 29.5 Å². The number of rotatable bonds is 9. The van der Waals surface area contributed by atoms with Gasteiger partial charge in [-0.25, -0.2) is 9.97 Å². The van der Waals surface area contributed by atoms with E-state index in [1.807, 2.05) is 78.9 Å². The summed E-state index contributed by atoms with van der Waals surface area (Å²) in [5.41, 5.74) is 3.25. The second-order valence-corrected chi connectivity index (χ2v) is 10.2. The van der Waals surface area contributed by atoms with Crippen molar-refractivity contribution in [3.05, 3.63) is 124 Å². The van der Waals surface area contributed by atoms with Crippen LogP contribution in [0.3, 0.4) is 0 Å². The summed E-state index contributed by atoms with van der Waals surface area (Å²) in [5.74, 6) is 1.65. The van der Waals surface area contributed by atoms with Crippen LogP contribution in [0.5, 0.6) is 0 Å². The van der Waals surface area contributed by atoms with Crippen molar-refractivity contribution >= 4 is 45.3 Å². The fourth-order valence-electron chi connectivity index (χ4n) is 4.45. The summed E-state index contributed by atoms with van der Waals surface area (Å²) in [7, 11) is 0. The lowest BCUT2D eigenvalue weighted by Crippen LogP contribution is -2.15. The molecule has 2 aromatic heterocycles. The van der Waals surface area contributed by atoms with E-state index in [1.54, 1.807) is 17.8 Å². The van der Waals surface area contributed by atoms with E-state index in [-0.39, 0.29) is 12.2 Å². The Labute approximate surface area is 234 Å². The summed E-state index contributed by atoms with van der Waals surface area (Å²) in [6.45, 7) is 0.805. The van der Waals surface area contributed by atoms with Crippen LogP contribution in [-0.2, 0) is 19.7 Å². The molecule has 40 heavy (non-hydrogen) atoms. The molecule has 0 amide bonds. The molecule has 8 nitrogen and oxygen atoms in total. The number of fused-ring (bicyclic) bond motifs is 2. The molecule has 0 atom stereocenters. The summed E-state index contributed by atoms with van der Waals surface area (Å²) in [5, 5.41) is 17.9. The van der Waals surface area contributed by atoms with Gasteiger partial charge in [0.1, 0.15) is 11.6 Å². The van der Waals surface area contributed by atoms with Crippen molar-refractivity contribution in [1.29, 1.82) is 0 Å². The van der Waals surface area contributed by atoms with Gasteiger partial charge in [-0.3, -0.25) is 4.79 Å². The third-order valence-electron chi connectivity index (χ3n) is 6.46. The van der Waals surface area contributed by atoms with Gasteiger partial charge in [-0.1, -0.05) is 72.4 Å². The predicted molar refractivity (Wildman–Crippen MR) is 159 cm³/mol. The Morgan fingerprint density at radius 3 is 2.08 bits per heavy atom. The lowest BCUT2D eigenvalue weighted by molar-refractivity contribution is 0.279. The number of nitrogens with one attached hydrogen (secondary N) is 3. The predicted octanol–water partition coefficient (Wildman–Crippen LogP) is 5.73. The highest BCUT2D eigenvalue weighted by atomic mass is 32.2. The summed E-state index contributed by atoms with van der Waals surface area (Å²) in [4.78, 5) is 31.5. The number of anilines is 2. The van der Waals surface area contributed by atoms with Crippen molar-refractivity contribution < 1.29 is 5.11 Å². The van der Waals surface area contributed by atoms with Gasteiger partial charge in [-0.2, -0.15) is 4.98 Å². The van der Waals surface area contributed by atoms with Crippen LogP contribution in [0.4, 0.5) is 11.8 Å². The first kappa shape index (κ1) is 25.5. The number of aliphatic hydroxyl groups is 1. The molecule has 4 aromatic carbocycles. The molecule has 0 saturated carbocycles. The van der Waals surface area contributed by atoms with Crippen LogP contribution in [0.1, 0.15) is 17.0 Å². The Morgan fingerprint density at radius 2 is 1.30 bits per heavy atom. The molecule has 0 spiro atoms. The molecule has 0 aliphatic rings. The maximum absolute atomic E-state index is 12.5. The number of hydrogen-bond acceptors (Lipinski definition) is 8. The molecule has 2 heterocycles. The third-order valence-corrected chi connectivity index (χ3v) is 7.70. The first-order valence-corrected chi connectivity index (χ1v) is 13.7. The highest BCUT2D eigenvalue weighted by molar-refractivity contribution is 7.99. The SMILES string of the molecule is O=c1[nH]c(CNc2nc(NCc3ccccc3Sc3ccccc3CO)nc3ccccc23)nc2ccccc12. The fraction of sp³-hybridized carbons (Fsp3) is 0.0968. The van der Waals surface area contributed by atoms with E-state index in [0.717, 1.165) is 31.8 Å². The minimum atomic E-state index is -0.171. The largest absolute Gasteiger partial charge is 0.392 e. The van der Waals surface area contributed by atoms with E-state index < -0.39 is 0 Å². The number of aromatic amines is 1. The van der Waals surface area contributed by atoms with E-state index in [4.69, 9.17) is 9.97 Å². The molecule has 0 radical (unpaired) electrons. The second kappa shape index (κ2) is 11.6. The molecule has 9 heteroatoms. The highest BCUT2D eigenvalue weighted by Gasteiger charge is 2.11. The average molecular weight is 547 g/mol. The molecule has 0 aliphatic heterocycles. The zero-order chi connectivity index (χ0) is 27.3. The summed E-state index contributed by atoms with van der Waals surface area (Å²) in [6.07, 6.45) is 0. The van der Waals surface area contributed by atoms with Gasteiger partial charge in [0.05, 0.1) is 29.6 Å². The zero-order valence-electron chi connectivity index (χ0n) is 21.5. The van der Waals surface area contributed by atoms with Gasteiger partial charge >= 0.3 is 0 Å².